The minimum absolute atomic E-state index is 0.545. The van der Waals surface area contributed by atoms with E-state index < -0.39 is 0 Å². The molecule has 3 aromatic rings. The molecule has 2 heterocycles. The normalized spacial score (nSPS) is 15.1. The Morgan fingerprint density at radius 1 is 1.26 bits per heavy atom. The molecule has 0 radical (unpaired) electrons. The number of fused-ring (bicyclic) bond motifs is 1. The molecule has 2 aromatic heterocycles. The molecular formula is C21H27N5O. The Hall–Kier alpha value is -2.63. The van der Waals surface area contributed by atoms with Crippen molar-refractivity contribution in [3.8, 4) is 5.75 Å². The molecule has 1 fully saturated rings. The largest absolute Gasteiger partial charge is 0.495 e. The summed E-state index contributed by atoms with van der Waals surface area (Å²) in [5, 5.41) is 8.02. The average Bonchev–Trinajstić information content (AvgIpc) is 3.41. The summed E-state index contributed by atoms with van der Waals surface area (Å²) >= 11 is 0. The van der Waals surface area contributed by atoms with Gasteiger partial charge in [-0.05, 0) is 62.6 Å². The molecule has 1 aliphatic carbocycles. The zero-order chi connectivity index (χ0) is 19.0. The third-order valence-electron chi connectivity index (χ3n) is 5.30. The number of aryl methyl sites for hydroxylation is 2. The number of anilines is 2. The third-order valence-corrected chi connectivity index (χ3v) is 5.30. The highest BCUT2D eigenvalue weighted by Crippen LogP contribution is 2.46. The Balaban J connectivity index is 1.76. The summed E-state index contributed by atoms with van der Waals surface area (Å²) < 4.78 is 7.35. The fourth-order valence-corrected chi connectivity index (χ4v) is 3.82. The predicted octanol–water partition coefficient (Wildman–Crippen LogP) is 4.79. The van der Waals surface area contributed by atoms with E-state index in [-0.39, 0.29) is 0 Å². The number of nitrogens with one attached hydrogen (secondary N) is 1. The average molecular weight is 365 g/mol. The van der Waals surface area contributed by atoms with Crippen LogP contribution in [0.2, 0.25) is 0 Å². The number of nitrogens with zero attached hydrogens (tertiary/aromatic N) is 4. The van der Waals surface area contributed by atoms with Gasteiger partial charge in [0, 0.05) is 5.56 Å². The van der Waals surface area contributed by atoms with Crippen molar-refractivity contribution in [3.63, 3.8) is 0 Å². The molecule has 1 aromatic carbocycles. The van der Waals surface area contributed by atoms with Crippen molar-refractivity contribution in [2.45, 2.75) is 52.4 Å². The molecule has 142 valence electrons. The number of aromatic nitrogens is 4. The van der Waals surface area contributed by atoms with Gasteiger partial charge in [0.15, 0.2) is 5.65 Å². The maximum Gasteiger partial charge on any atom is 0.232 e. The van der Waals surface area contributed by atoms with E-state index in [0.717, 1.165) is 34.4 Å². The van der Waals surface area contributed by atoms with Crippen LogP contribution < -0.4 is 10.1 Å². The van der Waals surface area contributed by atoms with E-state index in [2.05, 4.69) is 28.4 Å². The molecule has 0 bridgehead atoms. The monoisotopic (exact) mass is 365 g/mol. The minimum atomic E-state index is 0.545. The van der Waals surface area contributed by atoms with E-state index in [0.29, 0.717) is 11.9 Å². The summed E-state index contributed by atoms with van der Waals surface area (Å²) in [6.45, 7) is 6.23. The number of hydrogen-bond donors (Lipinski definition) is 1. The van der Waals surface area contributed by atoms with Crippen LogP contribution in [-0.4, -0.2) is 26.7 Å². The first-order valence-corrected chi connectivity index (χ1v) is 9.74. The first-order chi connectivity index (χ1) is 13.1. The summed E-state index contributed by atoms with van der Waals surface area (Å²) in [6, 6.07) is 6.06. The van der Waals surface area contributed by atoms with Gasteiger partial charge in [0.1, 0.15) is 11.6 Å². The standard InChI is InChI=1S/C21H27N5O/c1-5-6-16(15-8-9-15)17-12-22-26-20(17)23-14(3)24-21(26)25-18-10-7-13(2)11-19(18)27-4/h7,10-12,15-16H,5-6,8-9H2,1-4H3,(H,23,24,25). The fraction of sp³-hybridized carbons (Fsp3) is 0.476. The molecule has 0 aliphatic heterocycles. The highest BCUT2D eigenvalue weighted by molar-refractivity contribution is 5.65. The molecule has 1 saturated carbocycles. The lowest BCUT2D eigenvalue weighted by Gasteiger charge is -2.15. The van der Waals surface area contributed by atoms with Gasteiger partial charge >= 0.3 is 0 Å². The summed E-state index contributed by atoms with van der Waals surface area (Å²) in [7, 11) is 1.68. The Labute approximate surface area is 160 Å². The van der Waals surface area contributed by atoms with Gasteiger partial charge in [0.25, 0.3) is 0 Å². The second kappa shape index (κ2) is 7.18. The van der Waals surface area contributed by atoms with Crippen LogP contribution in [0.3, 0.4) is 0 Å². The SMILES string of the molecule is CCCC(c1cnn2c(Nc3ccc(C)cc3OC)nc(C)nc12)C1CC1. The molecule has 1 unspecified atom stereocenters. The molecular weight excluding hydrogens is 338 g/mol. The molecule has 6 heteroatoms. The first-order valence-electron chi connectivity index (χ1n) is 9.74. The van der Waals surface area contributed by atoms with Gasteiger partial charge in [-0.2, -0.15) is 14.6 Å². The van der Waals surface area contributed by atoms with E-state index in [1.54, 1.807) is 7.11 Å². The molecule has 6 nitrogen and oxygen atoms in total. The van der Waals surface area contributed by atoms with E-state index >= 15 is 0 Å². The Kier molecular flexibility index (Phi) is 4.72. The fourth-order valence-electron chi connectivity index (χ4n) is 3.82. The zero-order valence-corrected chi connectivity index (χ0v) is 16.5. The van der Waals surface area contributed by atoms with Crippen LogP contribution in [0.1, 0.15) is 55.5 Å². The van der Waals surface area contributed by atoms with Gasteiger partial charge in [-0.25, -0.2) is 4.98 Å². The van der Waals surface area contributed by atoms with Gasteiger partial charge in [-0.1, -0.05) is 19.4 Å². The van der Waals surface area contributed by atoms with Gasteiger partial charge in [0.2, 0.25) is 5.95 Å². The van der Waals surface area contributed by atoms with Gasteiger partial charge in [-0.15, -0.1) is 0 Å². The number of hydrogen-bond acceptors (Lipinski definition) is 5. The molecule has 1 N–H and O–H groups in total. The summed E-state index contributed by atoms with van der Waals surface area (Å²) in [6.07, 6.45) is 6.98. The van der Waals surface area contributed by atoms with Crippen molar-refractivity contribution in [3.05, 3.63) is 41.3 Å². The minimum Gasteiger partial charge on any atom is -0.495 e. The van der Waals surface area contributed by atoms with Crippen LogP contribution in [0, 0.1) is 19.8 Å². The van der Waals surface area contributed by atoms with Gasteiger partial charge < -0.3 is 10.1 Å². The maximum atomic E-state index is 5.52. The van der Waals surface area contributed by atoms with Gasteiger partial charge in [0.05, 0.1) is 19.0 Å². The van der Waals surface area contributed by atoms with Crippen molar-refractivity contribution < 1.29 is 4.74 Å². The third kappa shape index (κ3) is 3.48. The van der Waals surface area contributed by atoms with Crippen molar-refractivity contribution >= 4 is 17.3 Å². The van der Waals surface area contributed by atoms with E-state index in [9.17, 15) is 0 Å². The van der Waals surface area contributed by atoms with Crippen LogP contribution in [-0.2, 0) is 0 Å². The lowest BCUT2D eigenvalue weighted by atomic mass is 9.92. The van der Waals surface area contributed by atoms with Crippen LogP contribution in [0.5, 0.6) is 5.75 Å². The highest BCUT2D eigenvalue weighted by atomic mass is 16.5. The number of rotatable bonds is 7. The van der Waals surface area contributed by atoms with Crippen molar-refractivity contribution in [1.29, 1.82) is 0 Å². The molecule has 0 spiro atoms. The summed E-state index contributed by atoms with van der Waals surface area (Å²) in [5.41, 5.74) is 4.19. The van der Waals surface area contributed by atoms with Crippen LogP contribution >= 0.6 is 0 Å². The van der Waals surface area contributed by atoms with Crippen LogP contribution in [0.25, 0.3) is 5.65 Å². The van der Waals surface area contributed by atoms with E-state index in [4.69, 9.17) is 9.72 Å². The molecule has 1 aliphatic rings. The maximum absolute atomic E-state index is 5.52. The number of ether oxygens (including phenoxy) is 1. The van der Waals surface area contributed by atoms with E-state index in [1.807, 2.05) is 36.7 Å². The molecule has 27 heavy (non-hydrogen) atoms. The van der Waals surface area contributed by atoms with Crippen LogP contribution in [0.4, 0.5) is 11.6 Å². The Bertz CT molecular complexity index is 961. The smallest absolute Gasteiger partial charge is 0.232 e. The summed E-state index contributed by atoms with van der Waals surface area (Å²) in [4.78, 5) is 9.32. The van der Waals surface area contributed by atoms with Gasteiger partial charge in [-0.3, -0.25) is 0 Å². The lowest BCUT2D eigenvalue weighted by Crippen LogP contribution is -2.08. The predicted molar refractivity (Wildman–Crippen MR) is 107 cm³/mol. The van der Waals surface area contributed by atoms with Crippen molar-refractivity contribution in [1.82, 2.24) is 19.6 Å². The van der Waals surface area contributed by atoms with Crippen molar-refractivity contribution in [2.75, 3.05) is 12.4 Å². The second-order valence-electron chi connectivity index (χ2n) is 7.49. The Morgan fingerprint density at radius 2 is 2.07 bits per heavy atom. The van der Waals surface area contributed by atoms with E-state index in [1.165, 1.54) is 31.2 Å². The molecule has 4 rings (SSSR count). The molecule has 1 atom stereocenters. The van der Waals surface area contributed by atoms with Crippen molar-refractivity contribution in [2.24, 2.45) is 5.92 Å². The highest BCUT2D eigenvalue weighted by Gasteiger charge is 2.34. The Morgan fingerprint density at radius 3 is 2.78 bits per heavy atom. The zero-order valence-electron chi connectivity index (χ0n) is 16.5. The first kappa shape index (κ1) is 17.8. The lowest BCUT2D eigenvalue weighted by molar-refractivity contribution is 0.416. The van der Waals surface area contributed by atoms with Crippen LogP contribution in [0.15, 0.2) is 24.4 Å². The number of methoxy groups -OCH3 is 1. The second-order valence-corrected chi connectivity index (χ2v) is 7.49. The topological polar surface area (TPSA) is 64.3 Å². The summed E-state index contributed by atoms with van der Waals surface area (Å²) in [5.74, 6) is 3.51. The molecule has 0 saturated heterocycles. The number of benzene rings is 1. The molecule has 0 amide bonds. The quantitative estimate of drug-likeness (QED) is 0.652.